The smallest absolute Gasteiger partial charge is 0.405 e. The van der Waals surface area contributed by atoms with E-state index in [9.17, 15) is 13.2 Å². The van der Waals surface area contributed by atoms with Crippen LogP contribution in [0.3, 0.4) is 0 Å². The van der Waals surface area contributed by atoms with Crippen molar-refractivity contribution in [2.75, 3.05) is 12.3 Å². The van der Waals surface area contributed by atoms with Gasteiger partial charge in [0.25, 0.3) is 0 Å². The lowest BCUT2D eigenvalue weighted by Crippen LogP contribution is -2.17. The van der Waals surface area contributed by atoms with Crippen molar-refractivity contribution < 1.29 is 23.0 Å². The highest BCUT2D eigenvalue weighted by Gasteiger charge is 2.32. The number of alkyl halides is 3. The van der Waals surface area contributed by atoms with Crippen LogP contribution in [0.5, 0.6) is 5.75 Å². The lowest BCUT2D eigenvalue weighted by atomic mass is 10.0. The van der Waals surface area contributed by atoms with Crippen LogP contribution >= 0.6 is 0 Å². The van der Waals surface area contributed by atoms with E-state index >= 15 is 0 Å². The predicted molar refractivity (Wildman–Crippen MR) is 88.0 cm³/mol. The molecule has 0 radical (unpaired) electrons. The molecule has 0 bridgehead atoms. The van der Waals surface area contributed by atoms with Crippen LogP contribution in [-0.2, 0) is 6.54 Å². The second-order valence-electron chi connectivity index (χ2n) is 5.46. The second kappa shape index (κ2) is 6.64. The van der Waals surface area contributed by atoms with E-state index in [0.29, 0.717) is 40.8 Å². The number of rotatable bonds is 5. The first-order valence-corrected chi connectivity index (χ1v) is 7.61. The summed E-state index contributed by atoms with van der Waals surface area (Å²) in [5.74, 6) is 0.0584. The molecule has 0 saturated carbocycles. The maximum absolute atomic E-state index is 12.6. The number of anilines is 1. The Morgan fingerprint density at radius 2 is 1.92 bits per heavy atom. The summed E-state index contributed by atoms with van der Waals surface area (Å²) in [6.45, 7) is 0.456. The van der Waals surface area contributed by atoms with E-state index < -0.39 is 6.36 Å². The van der Waals surface area contributed by atoms with Gasteiger partial charge in [0, 0.05) is 24.1 Å². The summed E-state index contributed by atoms with van der Waals surface area (Å²) in [5.41, 5.74) is 7.44. The molecule has 0 aliphatic heterocycles. The number of para-hydroxylation sites is 1. The fraction of sp³-hybridized carbons (Fsp3) is 0.235. The molecule has 3 rings (SSSR count). The number of fused-ring (bicyclic) bond motifs is 1. The minimum absolute atomic E-state index is 0.00318. The third-order valence-corrected chi connectivity index (χ3v) is 3.73. The monoisotopic (exact) mass is 351 g/mol. The van der Waals surface area contributed by atoms with Crippen molar-refractivity contribution in [3.8, 4) is 16.9 Å². The summed E-state index contributed by atoms with van der Waals surface area (Å²) >= 11 is 0. The highest BCUT2D eigenvalue weighted by molar-refractivity contribution is 5.92. The van der Waals surface area contributed by atoms with Crippen molar-refractivity contribution in [2.24, 2.45) is 0 Å². The van der Waals surface area contributed by atoms with Crippen LogP contribution in [0.25, 0.3) is 22.0 Å². The van der Waals surface area contributed by atoms with Gasteiger partial charge in [0.05, 0.1) is 5.52 Å². The summed E-state index contributed by atoms with van der Waals surface area (Å²) in [4.78, 5) is 0. The predicted octanol–water partition coefficient (Wildman–Crippen LogP) is 3.57. The van der Waals surface area contributed by atoms with E-state index in [2.05, 4.69) is 9.84 Å². The molecule has 0 spiro atoms. The van der Waals surface area contributed by atoms with Crippen molar-refractivity contribution in [1.82, 2.24) is 9.78 Å². The van der Waals surface area contributed by atoms with Crippen LogP contribution in [0, 0.1) is 0 Å². The number of halogens is 3. The van der Waals surface area contributed by atoms with Crippen LogP contribution in [0.2, 0.25) is 0 Å². The summed E-state index contributed by atoms with van der Waals surface area (Å²) in [6.07, 6.45) is -4.28. The SMILES string of the molecule is Nc1nn(CCCO)c2cc(-c3ccccc3OC(F)(F)F)ccc12. The molecule has 8 heteroatoms. The summed E-state index contributed by atoms with van der Waals surface area (Å²) in [6, 6.07) is 11.0. The zero-order valence-electron chi connectivity index (χ0n) is 13.1. The number of nitrogen functional groups attached to an aromatic ring is 1. The molecule has 0 aliphatic carbocycles. The summed E-state index contributed by atoms with van der Waals surface area (Å²) in [7, 11) is 0. The number of nitrogens with zero attached hydrogens (tertiary/aromatic N) is 2. The average Bonchev–Trinajstić information content (AvgIpc) is 2.87. The molecule has 5 nitrogen and oxygen atoms in total. The van der Waals surface area contributed by atoms with Crippen molar-refractivity contribution in [2.45, 2.75) is 19.3 Å². The van der Waals surface area contributed by atoms with E-state index in [-0.39, 0.29) is 12.4 Å². The molecule has 2 aromatic carbocycles. The van der Waals surface area contributed by atoms with Gasteiger partial charge in [0.2, 0.25) is 0 Å². The Balaban J connectivity index is 2.08. The molecule has 0 amide bonds. The van der Waals surface area contributed by atoms with Gasteiger partial charge in [-0.25, -0.2) is 0 Å². The molecule has 0 atom stereocenters. The van der Waals surface area contributed by atoms with Crippen molar-refractivity contribution in [1.29, 1.82) is 0 Å². The van der Waals surface area contributed by atoms with Crippen LogP contribution in [0.1, 0.15) is 6.42 Å². The van der Waals surface area contributed by atoms with E-state index in [1.54, 1.807) is 35.0 Å². The quantitative estimate of drug-likeness (QED) is 0.737. The highest BCUT2D eigenvalue weighted by atomic mass is 19.4. The van der Waals surface area contributed by atoms with Gasteiger partial charge in [0.1, 0.15) is 5.75 Å². The van der Waals surface area contributed by atoms with Gasteiger partial charge in [-0.3, -0.25) is 4.68 Å². The molecule has 3 N–H and O–H groups in total. The van der Waals surface area contributed by atoms with E-state index in [4.69, 9.17) is 10.8 Å². The van der Waals surface area contributed by atoms with Gasteiger partial charge in [-0.1, -0.05) is 24.3 Å². The minimum atomic E-state index is -4.77. The minimum Gasteiger partial charge on any atom is -0.405 e. The maximum Gasteiger partial charge on any atom is 0.573 e. The van der Waals surface area contributed by atoms with Crippen molar-refractivity contribution in [3.05, 3.63) is 42.5 Å². The van der Waals surface area contributed by atoms with Crippen LogP contribution in [-0.4, -0.2) is 27.9 Å². The molecule has 0 fully saturated rings. The van der Waals surface area contributed by atoms with Crippen molar-refractivity contribution >= 4 is 16.7 Å². The van der Waals surface area contributed by atoms with Crippen molar-refractivity contribution in [3.63, 3.8) is 0 Å². The third kappa shape index (κ3) is 3.69. The second-order valence-corrected chi connectivity index (χ2v) is 5.46. The Labute approximate surface area is 141 Å². The molecule has 25 heavy (non-hydrogen) atoms. The number of hydrogen-bond acceptors (Lipinski definition) is 4. The first-order valence-electron chi connectivity index (χ1n) is 7.61. The number of ether oxygens (including phenoxy) is 1. The molecule has 0 aliphatic rings. The van der Waals surface area contributed by atoms with Gasteiger partial charge in [-0.05, 0) is 30.2 Å². The number of aryl methyl sites for hydroxylation is 1. The molecule has 1 aromatic heterocycles. The summed E-state index contributed by atoms with van der Waals surface area (Å²) in [5, 5.41) is 13.9. The molecular weight excluding hydrogens is 335 g/mol. The Morgan fingerprint density at radius 3 is 2.64 bits per heavy atom. The Morgan fingerprint density at radius 1 is 1.16 bits per heavy atom. The zero-order valence-corrected chi connectivity index (χ0v) is 13.1. The van der Waals surface area contributed by atoms with Gasteiger partial charge in [-0.15, -0.1) is 13.2 Å². The number of hydrogen-bond donors (Lipinski definition) is 2. The molecule has 3 aromatic rings. The highest BCUT2D eigenvalue weighted by Crippen LogP contribution is 2.35. The topological polar surface area (TPSA) is 73.3 Å². The standard InChI is InChI=1S/C17H16F3N3O2/c18-17(19,20)25-15-5-2-1-4-12(15)11-6-7-13-14(10-11)23(8-3-9-24)22-16(13)21/h1-2,4-7,10,24H,3,8-9H2,(H2,21,22). The van der Waals surface area contributed by atoms with Gasteiger partial charge < -0.3 is 15.6 Å². The lowest BCUT2D eigenvalue weighted by molar-refractivity contribution is -0.274. The Kier molecular flexibility index (Phi) is 4.54. The number of aliphatic hydroxyl groups is 1. The number of benzene rings is 2. The number of nitrogens with two attached hydrogens (primary N) is 1. The fourth-order valence-corrected chi connectivity index (χ4v) is 2.68. The molecule has 132 valence electrons. The van der Waals surface area contributed by atoms with E-state index in [1.807, 2.05) is 0 Å². The first kappa shape index (κ1) is 17.1. The molecule has 0 saturated heterocycles. The Bertz CT molecular complexity index is 890. The summed E-state index contributed by atoms with van der Waals surface area (Å²) < 4.78 is 43.6. The van der Waals surface area contributed by atoms with Crippen LogP contribution < -0.4 is 10.5 Å². The third-order valence-electron chi connectivity index (χ3n) is 3.73. The Hall–Kier alpha value is -2.74. The van der Waals surface area contributed by atoms with E-state index in [0.717, 1.165) is 0 Å². The maximum atomic E-state index is 12.6. The van der Waals surface area contributed by atoms with Gasteiger partial charge >= 0.3 is 6.36 Å². The first-order chi connectivity index (χ1) is 11.9. The average molecular weight is 351 g/mol. The lowest BCUT2D eigenvalue weighted by Gasteiger charge is -2.13. The molecule has 0 unspecified atom stereocenters. The largest absolute Gasteiger partial charge is 0.573 e. The van der Waals surface area contributed by atoms with Gasteiger partial charge in [0.15, 0.2) is 5.82 Å². The number of aromatic nitrogens is 2. The van der Waals surface area contributed by atoms with Crippen LogP contribution in [0.4, 0.5) is 19.0 Å². The zero-order chi connectivity index (χ0) is 18.0. The molecular formula is C17H16F3N3O2. The van der Waals surface area contributed by atoms with Crippen LogP contribution in [0.15, 0.2) is 42.5 Å². The normalized spacial score (nSPS) is 11.8. The molecule has 1 heterocycles. The van der Waals surface area contributed by atoms with E-state index in [1.165, 1.54) is 12.1 Å². The fourth-order valence-electron chi connectivity index (χ4n) is 2.68. The van der Waals surface area contributed by atoms with Gasteiger partial charge in [-0.2, -0.15) is 5.10 Å². The number of aliphatic hydroxyl groups excluding tert-OH is 1.